The molecule has 0 N–H and O–H groups in total. The summed E-state index contributed by atoms with van der Waals surface area (Å²) in [5, 5.41) is -0.172. The summed E-state index contributed by atoms with van der Waals surface area (Å²) >= 11 is 8.13. The predicted molar refractivity (Wildman–Crippen MR) is 63.4 cm³/mol. The van der Waals surface area contributed by atoms with Crippen LogP contribution in [0.15, 0.2) is 22.7 Å². The molecule has 1 rings (SSSR count). The molecule has 0 saturated heterocycles. The number of halogens is 5. The van der Waals surface area contributed by atoms with Gasteiger partial charge in [0.25, 0.3) is 0 Å². The van der Waals surface area contributed by atoms with Crippen molar-refractivity contribution in [3.05, 3.63) is 28.2 Å². The zero-order valence-corrected chi connectivity index (χ0v) is 11.4. The van der Waals surface area contributed by atoms with E-state index in [1.807, 2.05) is 0 Å². The first-order valence-electron chi connectivity index (χ1n) is 4.76. The molecule has 0 fully saturated rings. The summed E-state index contributed by atoms with van der Waals surface area (Å²) < 4.78 is 37.8. The minimum atomic E-state index is -4.50. The molecular weight excluding hydrogens is 338 g/mol. The van der Waals surface area contributed by atoms with Crippen LogP contribution in [0, 0.1) is 0 Å². The van der Waals surface area contributed by atoms with Crippen molar-refractivity contribution in [3.8, 4) is 5.75 Å². The summed E-state index contributed by atoms with van der Waals surface area (Å²) in [6, 6.07) is 3.00. The van der Waals surface area contributed by atoms with Gasteiger partial charge in [0.05, 0.1) is 12.1 Å². The van der Waals surface area contributed by atoms with Crippen LogP contribution in [-0.2, 0) is 6.18 Å². The predicted octanol–water partition coefficient (Wildman–Crippen LogP) is 4.44. The molecule has 0 heterocycles. The molecule has 0 radical (unpaired) electrons. The fraction of sp³-hybridized carbons (Fsp3) is 0.300. The monoisotopic (exact) mass is 345 g/mol. The van der Waals surface area contributed by atoms with Crippen LogP contribution in [0.2, 0.25) is 0 Å². The molecule has 0 saturated carbocycles. The minimum absolute atomic E-state index is 0.107. The van der Waals surface area contributed by atoms with Crippen molar-refractivity contribution in [1.82, 2.24) is 5.06 Å². The zero-order valence-electron chi connectivity index (χ0n) is 9.09. The molecule has 1 aromatic rings. The van der Waals surface area contributed by atoms with Crippen molar-refractivity contribution in [3.63, 3.8) is 0 Å². The number of nitrogens with zero attached hydrogens (tertiary/aromatic N) is 1. The van der Waals surface area contributed by atoms with Crippen LogP contribution in [0.1, 0.15) is 12.5 Å². The summed E-state index contributed by atoms with van der Waals surface area (Å²) in [5.41, 5.74) is -0.884. The molecule has 8 heteroatoms. The van der Waals surface area contributed by atoms with E-state index in [0.29, 0.717) is 0 Å². The lowest BCUT2D eigenvalue weighted by molar-refractivity contribution is -0.137. The molecule has 0 unspecified atom stereocenters. The highest BCUT2D eigenvalue weighted by atomic mass is 79.9. The number of rotatable bonds is 3. The SMILES string of the molecule is CCN(Oc1cc(Br)cc(C(F)(F)F)c1)C(=O)Cl. The Hall–Kier alpha value is -0.950. The maximum atomic E-state index is 12.5. The van der Waals surface area contributed by atoms with Crippen LogP contribution in [-0.4, -0.2) is 17.0 Å². The quantitative estimate of drug-likeness (QED) is 0.460. The summed E-state index contributed by atoms with van der Waals surface area (Å²) in [7, 11) is 0. The smallest absolute Gasteiger partial charge is 0.376 e. The van der Waals surface area contributed by atoms with Gasteiger partial charge in [0.2, 0.25) is 0 Å². The van der Waals surface area contributed by atoms with E-state index in [1.54, 1.807) is 6.92 Å². The summed E-state index contributed by atoms with van der Waals surface area (Å²) in [6.07, 6.45) is -4.50. The van der Waals surface area contributed by atoms with Gasteiger partial charge >= 0.3 is 11.5 Å². The van der Waals surface area contributed by atoms with Crippen molar-refractivity contribution in [2.75, 3.05) is 6.54 Å². The van der Waals surface area contributed by atoms with Gasteiger partial charge in [-0.15, -0.1) is 0 Å². The van der Waals surface area contributed by atoms with E-state index in [-0.39, 0.29) is 16.8 Å². The first-order valence-corrected chi connectivity index (χ1v) is 5.94. The molecule has 0 spiro atoms. The second-order valence-electron chi connectivity index (χ2n) is 3.21. The Labute approximate surface area is 115 Å². The molecular formula is C10H8BrClF3NO2. The Kier molecular flexibility index (Phi) is 4.86. The fourth-order valence-corrected chi connectivity index (χ4v) is 1.76. The van der Waals surface area contributed by atoms with Crippen LogP contribution in [0.5, 0.6) is 5.75 Å². The van der Waals surface area contributed by atoms with E-state index >= 15 is 0 Å². The second-order valence-corrected chi connectivity index (χ2v) is 4.45. The molecule has 100 valence electrons. The van der Waals surface area contributed by atoms with Crippen molar-refractivity contribution in [2.24, 2.45) is 0 Å². The van der Waals surface area contributed by atoms with Gasteiger partial charge in [-0.3, -0.25) is 4.79 Å². The maximum Gasteiger partial charge on any atom is 0.416 e. The zero-order chi connectivity index (χ0) is 13.9. The molecule has 0 aliphatic rings. The Morgan fingerprint density at radius 1 is 1.44 bits per heavy atom. The van der Waals surface area contributed by atoms with Gasteiger partial charge in [0.15, 0.2) is 5.75 Å². The van der Waals surface area contributed by atoms with Crippen LogP contribution in [0.4, 0.5) is 18.0 Å². The van der Waals surface area contributed by atoms with Crippen molar-refractivity contribution in [2.45, 2.75) is 13.1 Å². The average molecular weight is 347 g/mol. The third-order valence-corrected chi connectivity index (χ3v) is 2.54. The Morgan fingerprint density at radius 2 is 2.06 bits per heavy atom. The summed E-state index contributed by atoms with van der Waals surface area (Å²) in [4.78, 5) is 15.8. The van der Waals surface area contributed by atoms with Crippen LogP contribution >= 0.6 is 27.5 Å². The van der Waals surface area contributed by atoms with Gasteiger partial charge in [-0.2, -0.15) is 18.2 Å². The molecule has 0 bridgehead atoms. The highest BCUT2D eigenvalue weighted by Gasteiger charge is 2.31. The number of hydroxylamine groups is 2. The highest BCUT2D eigenvalue weighted by molar-refractivity contribution is 9.10. The van der Waals surface area contributed by atoms with Gasteiger partial charge in [-0.25, -0.2) is 0 Å². The van der Waals surface area contributed by atoms with Gasteiger partial charge in [0, 0.05) is 4.47 Å². The molecule has 0 aliphatic carbocycles. The fourth-order valence-electron chi connectivity index (χ4n) is 1.13. The first-order chi connectivity index (χ1) is 8.24. The van der Waals surface area contributed by atoms with E-state index in [0.717, 1.165) is 17.2 Å². The Balaban J connectivity index is 3.03. The van der Waals surface area contributed by atoms with Crippen LogP contribution in [0.25, 0.3) is 0 Å². The lowest BCUT2D eigenvalue weighted by Gasteiger charge is -2.18. The molecule has 1 aromatic carbocycles. The summed E-state index contributed by atoms with van der Waals surface area (Å²) in [6.45, 7) is 1.68. The van der Waals surface area contributed by atoms with Gasteiger partial charge in [0.1, 0.15) is 0 Å². The van der Waals surface area contributed by atoms with Crippen LogP contribution in [0.3, 0.4) is 0 Å². The molecule has 0 atom stereocenters. The second kappa shape index (κ2) is 5.79. The maximum absolute atomic E-state index is 12.5. The highest BCUT2D eigenvalue weighted by Crippen LogP contribution is 2.34. The van der Waals surface area contributed by atoms with E-state index < -0.39 is 17.1 Å². The van der Waals surface area contributed by atoms with Crippen molar-refractivity contribution < 1.29 is 22.8 Å². The Morgan fingerprint density at radius 3 is 2.50 bits per heavy atom. The standard InChI is InChI=1S/C10H8BrClF3NO2/c1-2-16(9(12)17)18-8-4-6(10(13,14)15)3-7(11)5-8/h3-5H,2H2,1H3. The van der Waals surface area contributed by atoms with E-state index in [4.69, 9.17) is 16.4 Å². The number of benzene rings is 1. The van der Waals surface area contributed by atoms with Gasteiger partial charge < -0.3 is 4.84 Å². The molecule has 3 nitrogen and oxygen atoms in total. The van der Waals surface area contributed by atoms with E-state index in [9.17, 15) is 18.0 Å². The number of hydrogen-bond donors (Lipinski definition) is 0. The van der Waals surface area contributed by atoms with Crippen molar-refractivity contribution >= 4 is 32.9 Å². The van der Waals surface area contributed by atoms with Crippen molar-refractivity contribution in [1.29, 1.82) is 0 Å². The minimum Gasteiger partial charge on any atom is -0.376 e. The van der Waals surface area contributed by atoms with E-state index in [2.05, 4.69) is 15.9 Å². The Bertz CT molecular complexity index is 453. The largest absolute Gasteiger partial charge is 0.416 e. The lowest BCUT2D eigenvalue weighted by atomic mass is 10.2. The number of hydrogen-bond acceptors (Lipinski definition) is 2. The number of carbonyl (C=O) groups is 1. The molecule has 0 aromatic heterocycles. The van der Waals surface area contributed by atoms with E-state index in [1.165, 1.54) is 6.07 Å². The molecule has 1 amide bonds. The number of amides is 1. The normalized spacial score (nSPS) is 11.2. The summed E-state index contributed by atoms with van der Waals surface area (Å²) in [5.74, 6) is -0.132. The lowest BCUT2D eigenvalue weighted by Crippen LogP contribution is -2.29. The number of alkyl halides is 3. The van der Waals surface area contributed by atoms with Gasteiger partial charge in [-0.05, 0) is 36.7 Å². The number of carbonyl (C=O) groups excluding carboxylic acids is 1. The average Bonchev–Trinajstić information content (AvgIpc) is 2.23. The molecule has 18 heavy (non-hydrogen) atoms. The first kappa shape index (κ1) is 15.1. The topological polar surface area (TPSA) is 29.5 Å². The third-order valence-electron chi connectivity index (χ3n) is 1.90. The molecule has 0 aliphatic heterocycles. The van der Waals surface area contributed by atoms with Crippen LogP contribution < -0.4 is 4.84 Å². The van der Waals surface area contributed by atoms with Gasteiger partial charge in [-0.1, -0.05) is 15.9 Å². The third kappa shape index (κ3) is 4.06.